The third-order valence-corrected chi connectivity index (χ3v) is 2.87. The van der Waals surface area contributed by atoms with Gasteiger partial charge in [0.2, 0.25) is 0 Å². The Hall–Kier alpha value is -0.120. The van der Waals surface area contributed by atoms with E-state index in [1.165, 1.54) is 0 Å². The van der Waals surface area contributed by atoms with Gasteiger partial charge in [0.25, 0.3) is 0 Å². The summed E-state index contributed by atoms with van der Waals surface area (Å²) in [7, 11) is 0. The maximum atomic E-state index is 5.70. The van der Waals surface area contributed by atoms with Crippen molar-refractivity contribution in [2.75, 3.05) is 26.3 Å². The Labute approximate surface area is 101 Å². The molecule has 0 saturated heterocycles. The minimum absolute atomic E-state index is 0.0977. The van der Waals surface area contributed by atoms with E-state index in [0.717, 1.165) is 19.8 Å². The van der Waals surface area contributed by atoms with Crippen molar-refractivity contribution < 1.29 is 4.74 Å². The molecule has 0 unspecified atom stereocenters. The molecular formula is C13H30N2O. The molecule has 0 aliphatic heterocycles. The molecule has 16 heavy (non-hydrogen) atoms. The van der Waals surface area contributed by atoms with Gasteiger partial charge in [-0.1, -0.05) is 13.8 Å². The van der Waals surface area contributed by atoms with Crippen molar-refractivity contribution >= 4 is 0 Å². The van der Waals surface area contributed by atoms with Crippen molar-refractivity contribution in [1.29, 1.82) is 0 Å². The second-order valence-corrected chi connectivity index (χ2v) is 5.85. The van der Waals surface area contributed by atoms with Crippen molar-refractivity contribution in [2.45, 2.75) is 53.6 Å². The van der Waals surface area contributed by atoms with E-state index < -0.39 is 0 Å². The lowest BCUT2D eigenvalue weighted by Gasteiger charge is -2.31. The van der Waals surface area contributed by atoms with Gasteiger partial charge in [-0.15, -0.1) is 0 Å². The molecule has 3 heteroatoms. The molecule has 0 heterocycles. The Bertz CT molecular complexity index is 171. The Kier molecular flexibility index (Phi) is 7.20. The van der Waals surface area contributed by atoms with Crippen LogP contribution in [-0.2, 0) is 4.74 Å². The Morgan fingerprint density at radius 1 is 1.12 bits per heavy atom. The summed E-state index contributed by atoms with van der Waals surface area (Å²) < 4.78 is 5.70. The third-order valence-electron chi connectivity index (χ3n) is 2.87. The number of rotatable bonds is 8. The first kappa shape index (κ1) is 15.9. The van der Waals surface area contributed by atoms with Crippen molar-refractivity contribution in [3.63, 3.8) is 0 Å². The van der Waals surface area contributed by atoms with E-state index in [4.69, 9.17) is 10.5 Å². The minimum Gasteiger partial charge on any atom is -0.380 e. The van der Waals surface area contributed by atoms with Crippen LogP contribution >= 0.6 is 0 Å². The summed E-state index contributed by atoms with van der Waals surface area (Å²) in [5.74, 6) is 0. The summed E-state index contributed by atoms with van der Waals surface area (Å²) in [6.07, 6.45) is 0. The predicted octanol–water partition coefficient (Wildman–Crippen LogP) is 2.11. The second kappa shape index (κ2) is 7.25. The molecular weight excluding hydrogens is 200 g/mol. The highest BCUT2D eigenvalue weighted by molar-refractivity contribution is 4.69. The highest BCUT2D eigenvalue weighted by atomic mass is 16.5. The topological polar surface area (TPSA) is 38.5 Å². The van der Waals surface area contributed by atoms with E-state index in [0.29, 0.717) is 18.6 Å². The number of nitrogens with two attached hydrogens (primary N) is 1. The van der Waals surface area contributed by atoms with Crippen LogP contribution in [0.1, 0.15) is 41.5 Å². The standard InChI is InChI=1S/C13H30N2O/c1-11(2)15(12(3)4)7-8-16-10-13(5,6)9-14/h11-12H,7-10,14H2,1-6H3. The molecule has 0 saturated carbocycles. The number of hydrogen-bond acceptors (Lipinski definition) is 3. The lowest BCUT2D eigenvalue weighted by molar-refractivity contribution is 0.0382. The molecule has 0 atom stereocenters. The molecule has 0 aromatic carbocycles. The summed E-state index contributed by atoms with van der Waals surface area (Å²) in [5.41, 5.74) is 5.75. The van der Waals surface area contributed by atoms with E-state index in [9.17, 15) is 0 Å². The highest BCUT2D eigenvalue weighted by Crippen LogP contribution is 2.12. The predicted molar refractivity (Wildman–Crippen MR) is 70.6 cm³/mol. The number of ether oxygens (including phenoxy) is 1. The monoisotopic (exact) mass is 230 g/mol. The van der Waals surface area contributed by atoms with E-state index >= 15 is 0 Å². The van der Waals surface area contributed by atoms with Crippen LogP contribution in [0.4, 0.5) is 0 Å². The van der Waals surface area contributed by atoms with Gasteiger partial charge in [-0.05, 0) is 34.2 Å². The summed E-state index contributed by atoms with van der Waals surface area (Å²) >= 11 is 0. The molecule has 98 valence electrons. The average Bonchev–Trinajstić information content (AvgIpc) is 2.16. The van der Waals surface area contributed by atoms with Crippen LogP contribution in [0, 0.1) is 5.41 Å². The first-order chi connectivity index (χ1) is 7.30. The van der Waals surface area contributed by atoms with E-state index in [1.807, 2.05) is 0 Å². The van der Waals surface area contributed by atoms with Gasteiger partial charge in [0.1, 0.15) is 0 Å². The summed E-state index contributed by atoms with van der Waals surface area (Å²) in [6.45, 7) is 16.4. The van der Waals surface area contributed by atoms with Crippen LogP contribution in [0.25, 0.3) is 0 Å². The summed E-state index contributed by atoms with van der Waals surface area (Å²) in [4.78, 5) is 2.44. The van der Waals surface area contributed by atoms with Crippen molar-refractivity contribution in [3.05, 3.63) is 0 Å². The van der Waals surface area contributed by atoms with Crippen LogP contribution < -0.4 is 5.73 Å². The SMILES string of the molecule is CC(C)N(CCOCC(C)(C)CN)C(C)C. The van der Waals surface area contributed by atoms with Gasteiger partial charge < -0.3 is 10.5 Å². The molecule has 0 aliphatic carbocycles. The molecule has 0 bridgehead atoms. The zero-order chi connectivity index (χ0) is 12.8. The first-order valence-corrected chi connectivity index (χ1v) is 6.33. The minimum atomic E-state index is 0.0977. The van der Waals surface area contributed by atoms with Crippen LogP contribution in [0.15, 0.2) is 0 Å². The molecule has 3 nitrogen and oxygen atoms in total. The van der Waals surface area contributed by atoms with Crippen molar-refractivity contribution in [2.24, 2.45) is 11.1 Å². The summed E-state index contributed by atoms with van der Waals surface area (Å²) in [6, 6.07) is 1.15. The molecule has 0 aromatic rings. The maximum Gasteiger partial charge on any atom is 0.0593 e. The van der Waals surface area contributed by atoms with Crippen LogP contribution in [0.3, 0.4) is 0 Å². The third kappa shape index (κ3) is 6.46. The fourth-order valence-corrected chi connectivity index (χ4v) is 1.69. The van der Waals surface area contributed by atoms with E-state index in [1.54, 1.807) is 0 Å². The molecule has 0 spiro atoms. The Morgan fingerprint density at radius 3 is 2.00 bits per heavy atom. The fourth-order valence-electron chi connectivity index (χ4n) is 1.69. The zero-order valence-corrected chi connectivity index (χ0v) is 11.9. The van der Waals surface area contributed by atoms with Crippen LogP contribution in [0.2, 0.25) is 0 Å². The number of nitrogens with zero attached hydrogens (tertiary/aromatic N) is 1. The van der Waals surface area contributed by atoms with E-state index in [-0.39, 0.29) is 5.41 Å². The van der Waals surface area contributed by atoms with Crippen LogP contribution in [-0.4, -0.2) is 43.3 Å². The van der Waals surface area contributed by atoms with Crippen molar-refractivity contribution in [1.82, 2.24) is 4.90 Å². The van der Waals surface area contributed by atoms with Gasteiger partial charge in [-0.3, -0.25) is 4.90 Å². The molecule has 0 aliphatic rings. The molecule has 0 aromatic heterocycles. The molecule has 0 amide bonds. The van der Waals surface area contributed by atoms with Gasteiger partial charge in [-0.25, -0.2) is 0 Å². The lowest BCUT2D eigenvalue weighted by atomic mass is 9.95. The molecule has 0 radical (unpaired) electrons. The Balaban J connectivity index is 3.79. The van der Waals surface area contributed by atoms with E-state index in [2.05, 4.69) is 46.4 Å². The maximum absolute atomic E-state index is 5.70. The quantitative estimate of drug-likeness (QED) is 0.649. The van der Waals surface area contributed by atoms with Gasteiger partial charge in [-0.2, -0.15) is 0 Å². The van der Waals surface area contributed by atoms with Gasteiger partial charge in [0.15, 0.2) is 0 Å². The summed E-state index contributed by atoms with van der Waals surface area (Å²) in [5, 5.41) is 0. The van der Waals surface area contributed by atoms with Gasteiger partial charge in [0.05, 0.1) is 13.2 Å². The average molecular weight is 230 g/mol. The Morgan fingerprint density at radius 2 is 1.62 bits per heavy atom. The molecule has 0 rings (SSSR count). The zero-order valence-electron chi connectivity index (χ0n) is 11.9. The first-order valence-electron chi connectivity index (χ1n) is 6.33. The number of hydrogen-bond donors (Lipinski definition) is 1. The fraction of sp³-hybridized carbons (Fsp3) is 1.00. The largest absolute Gasteiger partial charge is 0.380 e. The van der Waals surface area contributed by atoms with Crippen LogP contribution in [0.5, 0.6) is 0 Å². The van der Waals surface area contributed by atoms with Crippen molar-refractivity contribution in [3.8, 4) is 0 Å². The van der Waals surface area contributed by atoms with Gasteiger partial charge in [0, 0.05) is 24.0 Å². The molecule has 2 N–H and O–H groups in total. The van der Waals surface area contributed by atoms with Gasteiger partial charge >= 0.3 is 0 Å². The molecule has 0 fully saturated rings. The second-order valence-electron chi connectivity index (χ2n) is 5.85. The smallest absolute Gasteiger partial charge is 0.0593 e. The normalized spacial score (nSPS) is 13.1. The highest BCUT2D eigenvalue weighted by Gasteiger charge is 2.17. The lowest BCUT2D eigenvalue weighted by Crippen LogP contribution is -2.40.